The van der Waals surface area contributed by atoms with Gasteiger partial charge in [-0.25, -0.2) is 0 Å². The van der Waals surface area contributed by atoms with Gasteiger partial charge in [0.15, 0.2) is 0 Å². The van der Waals surface area contributed by atoms with Crippen LogP contribution in [0.3, 0.4) is 0 Å². The van der Waals surface area contributed by atoms with Gasteiger partial charge < -0.3 is 0 Å². The van der Waals surface area contributed by atoms with E-state index in [1.807, 2.05) is 6.92 Å². The van der Waals surface area contributed by atoms with Gasteiger partial charge in [0.25, 0.3) is 5.69 Å². The topological polar surface area (TPSA) is 43.1 Å². The van der Waals surface area contributed by atoms with Crippen molar-refractivity contribution in [1.82, 2.24) is 0 Å². The van der Waals surface area contributed by atoms with E-state index in [0.29, 0.717) is 0 Å². The van der Waals surface area contributed by atoms with Crippen LogP contribution < -0.4 is 29.6 Å². The molecule has 0 aliphatic rings. The van der Waals surface area contributed by atoms with E-state index in [9.17, 15) is 10.1 Å². The molecule has 0 heterocycles. The Bertz CT molecular complexity index is 303. The molecule has 58 valence electrons. The van der Waals surface area contributed by atoms with E-state index in [0.717, 1.165) is 10.0 Å². The summed E-state index contributed by atoms with van der Waals surface area (Å²) in [6, 6.07) is 4.69. The van der Waals surface area contributed by atoms with Gasteiger partial charge in [0.05, 0.1) is 4.92 Å². The van der Waals surface area contributed by atoms with Crippen LogP contribution in [0.15, 0.2) is 22.7 Å². The van der Waals surface area contributed by atoms with Crippen LogP contribution in [0.1, 0.15) is 5.56 Å². The summed E-state index contributed by atoms with van der Waals surface area (Å²) in [6.07, 6.45) is 0. The fourth-order valence-electron chi connectivity index (χ4n) is 0.695. The minimum Gasteiger partial charge on any atom is -0.258 e. The Morgan fingerprint density at radius 1 is 1.50 bits per heavy atom. The molecule has 1 aromatic rings. The van der Waals surface area contributed by atoms with Crippen LogP contribution in [-0.4, -0.2) is 4.92 Å². The second-order valence-corrected chi connectivity index (χ2v) is 3.04. The predicted molar refractivity (Wildman–Crippen MR) is 45.5 cm³/mol. The van der Waals surface area contributed by atoms with E-state index in [4.69, 9.17) is 0 Å². The maximum Gasteiger partial charge on any atom is 1.00 e. The van der Waals surface area contributed by atoms with Gasteiger partial charge in [-0.05, 0) is 12.5 Å². The predicted octanol–water partition coefficient (Wildman–Crippen LogP) is -0.330. The largest absolute Gasteiger partial charge is 1.00 e. The summed E-state index contributed by atoms with van der Waals surface area (Å²) < 4.78 is 0.770. The zero-order valence-electron chi connectivity index (χ0n) is 6.87. The summed E-state index contributed by atoms with van der Waals surface area (Å²) in [5.74, 6) is 0. The third-order valence-corrected chi connectivity index (χ3v) is 2.22. The summed E-state index contributed by atoms with van der Waals surface area (Å²) in [6.45, 7) is 1.88. The summed E-state index contributed by atoms with van der Waals surface area (Å²) in [5.41, 5.74) is 1.11. The number of rotatable bonds is 1. The molecule has 0 N–H and O–H groups in total. The number of nitro benzene ring substituents is 1. The van der Waals surface area contributed by atoms with Crippen molar-refractivity contribution in [2.75, 3.05) is 0 Å². The Kier molecular flexibility index (Phi) is 5.01. The normalized spacial score (nSPS) is 8.83. The maximum atomic E-state index is 10.2. The molecule has 0 unspecified atom stereocenters. The van der Waals surface area contributed by atoms with Crippen LogP contribution in [0.5, 0.6) is 0 Å². The molecule has 0 aliphatic heterocycles. The first-order chi connectivity index (χ1) is 5.11. The molecule has 0 atom stereocenters. The van der Waals surface area contributed by atoms with Gasteiger partial charge in [0, 0.05) is 16.6 Å². The van der Waals surface area contributed by atoms with Gasteiger partial charge in [0.1, 0.15) is 0 Å². The minimum atomic E-state index is -0.412. The van der Waals surface area contributed by atoms with Crippen LogP contribution in [0.2, 0.25) is 0 Å². The first-order valence-corrected chi connectivity index (χ1v) is 3.81. The average Bonchev–Trinajstić information content (AvgIpc) is 1.94. The van der Waals surface area contributed by atoms with Crippen LogP contribution in [0.4, 0.5) is 5.69 Å². The number of nitrogens with zero attached hydrogens (tertiary/aromatic N) is 1. The van der Waals surface area contributed by atoms with E-state index in [2.05, 4.69) is 15.9 Å². The fourth-order valence-corrected chi connectivity index (χ4v) is 1.06. The Morgan fingerprint density at radius 2 is 2.08 bits per heavy atom. The number of hydrogen-bond acceptors (Lipinski definition) is 2. The Morgan fingerprint density at radius 3 is 2.50 bits per heavy atom. The molecular weight excluding hydrogens is 233 g/mol. The van der Waals surface area contributed by atoms with Gasteiger partial charge in [-0.15, -0.1) is 0 Å². The van der Waals surface area contributed by atoms with Gasteiger partial charge in [-0.3, -0.25) is 10.1 Å². The second kappa shape index (κ2) is 4.97. The van der Waals surface area contributed by atoms with Crippen molar-refractivity contribution in [3.63, 3.8) is 0 Å². The smallest absolute Gasteiger partial charge is 0.258 e. The van der Waals surface area contributed by atoms with E-state index in [-0.39, 0.29) is 35.2 Å². The summed E-state index contributed by atoms with van der Waals surface area (Å²) >= 11 is 3.21. The quantitative estimate of drug-likeness (QED) is 0.382. The van der Waals surface area contributed by atoms with Crippen molar-refractivity contribution in [3.05, 3.63) is 38.3 Å². The van der Waals surface area contributed by atoms with Crippen molar-refractivity contribution in [3.8, 4) is 0 Å². The first kappa shape index (κ1) is 12.1. The van der Waals surface area contributed by atoms with Crippen molar-refractivity contribution in [2.45, 2.75) is 6.92 Å². The molecule has 0 aromatic heterocycles. The molecular formula is C7H6BrNNaO2+. The molecule has 5 heteroatoms. The molecule has 12 heavy (non-hydrogen) atoms. The van der Waals surface area contributed by atoms with E-state index in [1.54, 1.807) is 6.07 Å². The standard InChI is InChI=1S/C7H6BrNO2.Na/c1-5-2-3-6(9(10)11)4-7(5)8;/h2-4H,1H3;/q;+1. The zero-order chi connectivity index (χ0) is 8.43. The number of halogens is 1. The molecule has 0 amide bonds. The second-order valence-electron chi connectivity index (χ2n) is 2.19. The van der Waals surface area contributed by atoms with Crippen LogP contribution >= 0.6 is 15.9 Å². The Hall–Kier alpha value is 0.100. The first-order valence-electron chi connectivity index (χ1n) is 3.02. The van der Waals surface area contributed by atoms with E-state index >= 15 is 0 Å². The van der Waals surface area contributed by atoms with Crippen molar-refractivity contribution >= 4 is 21.6 Å². The van der Waals surface area contributed by atoms with Gasteiger partial charge >= 0.3 is 29.6 Å². The molecule has 0 saturated carbocycles. The molecule has 0 bridgehead atoms. The summed E-state index contributed by atoms with van der Waals surface area (Å²) in [4.78, 5) is 9.84. The Balaban J connectivity index is 0.00000121. The fraction of sp³-hybridized carbons (Fsp3) is 0.143. The third-order valence-electron chi connectivity index (χ3n) is 1.37. The molecule has 1 aromatic carbocycles. The minimum absolute atomic E-state index is 0. The number of nitro groups is 1. The van der Waals surface area contributed by atoms with Crippen molar-refractivity contribution in [1.29, 1.82) is 0 Å². The molecule has 0 spiro atoms. The molecule has 3 nitrogen and oxygen atoms in total. The van der Waals surface area contributed by atoms with Gasteiger partial charge in [-0.2, -0.15) is 0 Å². The number of benzene rings is 1. The molecule has 0 aliphatic carbocycles. The van der Waals surface area contributed by atoms with E-state index in [1.165, 1.54) is 12.1 Å². The van der Waals surface area contributed by atoms with Crippen LogP contribution in [-0.2, 0) is 0 Å². The number of non-ortho nitro benzene ring substituents is 1. The molecule has 0 radical (unpaired) electrons. The Labute approximate surface area is 101 Å². The van der Waals surface area contributed by atoms with Crippen LogP contribution in [0, 0.1) is 17.0 Å². The maximum absolute atomic E-state index is 10.2. The van der Waals surface area contributed by atoms with Crippen molar-refractivity contribution < 1.29 is 34.5 Å². The van der Waals surface area contributed by atoms with Gasteiger partial charge in [-0.1, -0.05) is 22.0 Å². The zero-order valence-corrected chi connectivity index (χ0v) is 10.5. The number of aryl methyl sites for hydroxylation is 1. The molecule has 0 saturated heterocycles. The SMILES string of the molecule is Cc1ccc([N+](=O)[O-])cc1Br.[Na+]. The van der Waals surface area contributed by atoms with Crippen LogP contribution in [0.25, 0.3) is 0 Å². The summed E-state index contributed by atoms with van der Waals surface area (Å²) in [5, 5.41) is 10.2. The monoisotopic (exact) mass is 238 g/mol. The third kappa shape index (κ3) is 2.86. The van der Waals surface area contributed by atoms with E-state index < -0.39 is 4.92 Å². The van der Waals surface area contributed by atoms with Gasteiger partial charge in [0.2, 0.25) is 0 Å². The number of hydrogen-bond donors (Lipinski definition) is 0. The molecule has 1 rings (SSSR count). The average molecular weight is 239 g/mol. The summed E-state index contributed by atoms with van der Waals surface area (Å²) in [7, 11) is 0. The molecule has 0 fully saturated rings. The van der Waals surface area contributed by atoms with Crippen molar-refractivity contribution in [2.24, 2.45) is 0 Å².